The van der Waals surface area contributed by atoms with Crippen molar-refractivity contribution in [2.24, 2.45) is 0 Å². The zero-order valence-electron chi connectivity index (χ0n) is 13.0. The lowest BCUT2D eigenvalue weighted by molar-refractivity contribution is 0.0527. The highest BCUT2D eigenvalue weighted by molar-refractivity contribution is 5.67. The Morgan fingerprint density at radius 2 is 2.19 bits per heavy atom. The van der Waals surface area contributed by atoms with Crippen LogP contribution in [0.2, 0.25) is 0 Å². The summed E-state index contributed by atoms with van der Waals surface area (Å²) in [5, 5.41) is 11.4. The van der Waals surface area contributed by atoms with Gasteiger partial charge in [0, 0.05) is 26.3 Å². The Bertz CT molecular complexity index is 500. The Balaban J connectivity index is 2.29. The van der Waals surface area contributed by atoms with E-state index in [1.165, 1.54) is 0 Å². The second-order valence-corrected chi connectivity index (χ2v) is 5.72. The molecule has 0 aliphatic heterocycles. The minimum absolute atomic E-state index is 0.401. The van der Waals surface area contributed by atoms with Crippen molar-refractivity contribution in [1.29, 1.82) is 5.26 Å². The molecule has 0 aromatic carbocycles. The molecular weight excluding hydrogens is 268 g/mol. The number of rotatable bonds is 5. The van der Waals surface area contributed by atoms with Gasteiger partial charge in [-0.15, -0.1) is 0 Å². The van der Waals surface area contributed by atoms with Crippen molar-refractivity contribution < 1.29 is 9.53 Å². The fourth-order valence-corrected chi connectivity index (χ4v) is 1.61. The van der Waals surface area contributed by atoms with Crippen LogP contribution in [0.15, 0.2) is 18.3 Å². The maximum absolute atomic E-state index is 11.5. The normalized spacial score (nSPS) is 10.6. The van der Waals surface area contributed by atoms with Gasteiger partial charge in [0.15, 0.2) is 0 Å². The lowest BCUT2D eigenvalue weighted by Crippen LogP contribution is -2.34. The first-order chi connectivity index (χ1) is 9.81. The monoisotopic (exact) mass is 290 g/mol. The van der Waals surface area contributed by atoms with Gasteiger partial charge in [0.1, 0.15) is 17.5 Å². The molecule has 0 aliphatic carbocycles. The summed E-state index contributed by atoms with van der Waals surface area (Å²) < 4.78 is 5.15. The largest absolute Gasteiger partial charge is 0.444 e. The number of pyridine rings is 1. The van der Waals surface area contributed by atoms with Crippen LogP contribution in [0.25, 0.3) is 0 Å². The van der Waals surface area contributed by atoms with E-state index < -0.39 is 11.7 Å². The highest BCUT2D eigenvalue weighted by Gasteiger charge is 2.15. The van der Waals surface area contributed by atoms with E-state index in [1.54, 1.807) is 18.3 Å². The van der Waals surface area contributed by atoms with Crippen LogP contribution in [0.5, 0.6) is 0 Å². The van der Waals surface area contributed by atoms with Gasteiger partial charge in [-0.25, -0.2) is 9.78 Å². The number of anilines is 1. The first kappa shape index (κ1) is 16.8. The second kappa shape index (κ2) is 7.48. The molecule has 1 amide bonds. The molecule has 0 fully saturated rings. The van der Waals surface area contributed by atoms with E-state index in [-0.39, 0.29) is 0 Å². The van der Waals surface area contributed by atoms with Crippen molar-refractivity contribution >= 4 is 11.9 Å². The van der Waals surface area contributed by atoms with Gasteiger partial charge in [0.25, 0.3) is 0 Å². The summed E-state index contributed by atoms with van der Waals surface area (Å²) in [4.78, 5) is 17.6. The Hall–Kier alpha value is -2.29. The van der Waals surface area contributed by atoms with Crippen molar-refractivity contribution in [3.8, 4) is 6.07 Å². The van der Waals surface area contributed by atoms with Gasteiger partial charge in [-0.1, -0.05) is 0 Å². The number of nitrogens with one attached hydrogen (secondary N) is 1. The Morgan fingerprint density at radius 1 is 1.48 bits per heavy atom. The third-order valence-corrected chi connectivity index (χ3v) is 2.61. The second-order valence-electron chi connectivity index (χ2n) is 5.72. The van der Waals surface area contributed by atoms with Crippen LogP contribution in [0, 0.1) is 11.3 Å². The van der Waals surface area contributed by atoms with E-state index in [0.29, 0.717) is 12.1 Å². The fourth-order valence-electron chi connectivity index (χ4n) is 1.61. The zero-order chi connectivity index (χ0) is 15.9. The van der Waals surface area contributed by atoms with Crippen LogP contribution in [0.1, 0.15) is 32.8 Å². The van der Waals surface area contributed by atoms with Gasteiger partial charge in [0.2, 0.25) is 0 Å². The van der Waals surface area contributed by atoms with Crippen molar-refractivity contribution in [3.63, 3.8) is 0 Å². The third kappa shape index (κ3) is 6.61. The smallest absolute Gasteiger partial charge is 0.407 e. The summed E-state index contributed by atoms with van der Waals surface area (Å²) in [5.74, 6) is 0.797. The van der Waals surface area contributed by atoms with Crippen molar-refractivity contribution in [2.45, 2.75) is 32.8 Å². The number of amides is 1. The molecule has 0 aliphatic rings. The molecule has 0 saturated heterocycles. The van der Waals surface area contributed by atoms with Crippen molar-refractivity contribution in [2.75, 3.05) is 25.0 Å². The van der Waals surface area contributed by atoms with Gasteiger partial charge < -0.3 is 15.0 Å². The highest BCUT2D eigenvalue weighted by atomic mass is 16.6. The lowest BCUT2D eigenvalue weighted by atomic mass is 10.2. The molecule has 1 aromatic rings. The molecule has 0 atom stereocenters. The standard InChI is InChI=1S/C15H22N4O2/c1-15(2,3)21-14(20)17-8-5-9-19(4)13-7-6-12(10-16)11-18-13/h6-7,11H,5,8-9H2,1-4H3,(H,17,20). The summed E-state index contributed by atoms with van der Waals surface area (Å²) in [6.45, 7) is 6.77. The van der Waals surface area contributed by atoms with Crippen molar-refractivity contribution in [3.05, 3.63) is 23.9 Å². The van der Waals surface area contributed by atoms with Crippen LogP contribution in [-0.2, 0) is 4.74 Å². The molecule has 6 nitrogen and oxygen atoms in total. The van der Waals surface area contributed by atoms with Crippen LogP contribution in [0.4, 0.5) is 10.6 Å². The van der Waals surface area contributed by atoms with Gasteiger partial charge in [-0.05, 0) is 39.3 Å². The maximum Gasteiger partial charge on any atom is 0.407 e. The number of ether oxygens (including phenoxy) is 1. The molecule has 1 aromatic heterocycles. The predicted octanol–water partition coefficient (Wildman–Crippen LogP) is 2.30. The summed E-state index contributed by atoms with van der Waals surface area (Å²) in [5.41, 5.74) is 0.0616. The average molecular weight is 290 g/mol. The Kier molecular flexibility index (Phi) is 5.97. The number of nitrogens with zero attached hydrogens (tertiary/aromatic N) is 3. The molecule has 1 heterocycles. The molecule has 1 rings (SSSR count). The summed E-state index contributed by atoms with van der Waals surface area (Å²) in [7, 11) is 1.92. The molecule has 114 valence electrons. The molecule has 0 radical (unpaired) electrons. The van der Waals surface area contributed by atoms with Crippen LogP contribution in [0.3, 0.4) is 0 Å². The van der Waals surface area contributed by atoms with E-state index in [2.05, 4.69) is 10.3 Å². The number of hydrogen-bond donors (Lipinski definition) is 1. The SMILES string of the molecule is CN(CCCNC(=O)OC(C)(C)C)c1ccc(C#N)cn1. The minimum atomic E-state index is -0.479. The molecular formula is C15H22N4O2. The van der Waals surface area contributed by atoms with E-state index in [9.17, 15) is 4.79 Å². The molecule has 0 bridgehead atoms. The summed E-state index contributed by atoms with van der Waals surface area (Å²) in [6, 6.07) is 5.57. The van der Waals surface area contributed by atoms with Gasteiger partial charge in [0.05, 0.1) is 5.56 Å². The molecule has 0 unspecified atom stereocenters. The molecule has 1 N–H and O–H groups in total. The van der Waals surface area contributed by atoms with Gasteiger partial charge >= 0.3 is 6.09 Å². The Morgan fingerprint density at radius 3 is 2.71 bits per heavy atom. The number of nitriles is 1. The molecule has 0 spiro atoms. The maximum atomic E-state index is 11.5. The fraction of sp³-hybridized carbons (Fsp3) is 0.533. The zero-order valence-corrected chi connectivity index (χ0v) is 13.0. The molecule has 21 heavy (non-hydrogen) atoms. The van der Waals surface area contributed by atoms with Gasteiger partial charge in [-0.3, -0.25) is 0 Å². The summed E-state index contributed by atoms with van der Waals surface area (Å²) in [6.07, 6.45) is 1.92. The number of carbonyl (C=O) groups excluding carboxylic acids is 1. The number of aromatic nitrogens is 1. The molecule has 0 saturated carbocycles. The first-order valence-electron chi connectivity index (χ1n) is 6.86. The van der Waals surface area contributed by atoms with E-state index in [4.69, 9.17) is 10.00 Å². The highest BCUT2D eigenvalue weighted by Crippen LogP contribution is 2.09. The number of alkyl carbamates (subject to hydrolysis) is 1. The topological polar surface area (TPSA) is 78.3 Å². The quantitative estimate of drug-likeness (QED) is 0.842. The van der Waals surface area contributed by atoms with Gasteiger partial charge in [-0.2, -0.15) is 5.26 Å². The van der Waals surface area contributed by atoms with E-state index in [0.717, 1.165) is 18.8 Å². The number of hydrogen-bond acceptors (Lipinski definition) is 5. The Labute approximate surface area is 125 Å². The first-order valence-corrected chi connectivity index (χ1v) is 6.86. The van der Waals surface area contributed by atoms with Crippen LogP contribution in [-0.4, -0.2) is 36.8 Å². The lowest BCUT2D eigenvalue weighted by Gasteiger charge is -2.20. The van der Waals surface area contributed by atoms with Crippen molar-refractivity contribution in [1.82, 2.24) is 10.3 Å². The molecule has 6 heteroatoms. The van der Waals surface area contributed by atoms with E-state index >= 15 is 0 Å². The minimum Gasteiger partial charge on any atom is -0.444 e. The predicted molar refractivity (Wildman–Crippen MR) is 81.1 cm³/mol. The van der Waals surface area contributed by atoms with Crippen LogP contribution >= 0.6 is 0 Å². The summed E-state index contributed by atoms with van der Waals surface area (Å²) >= 11 is 0. The number of carbonyl (C=O) groups is 1. The van der Waals surface area contributed by atoms with Crippen LogP contribution < -0.4 is 10.2 Å². The average Bonchev–Trinajstić information content (AvgIpc) is 2.41. The third-order valence-electron chi connectivity index (χ3n) is 2.61. The van der Waals surface area contributed by atoms with E-state index in [1.807, 2.05) is 38.8 Å².